The number of nitrogens with two attached hydrogens (primary N) is 1. The number of amides is 4. The highest BCUT2D eigenvalue weighted by Crippen LogP contribution is 2.41. The van der Waals surface area contributed by atoms with Crippen LogP contribution in [0.15, 0.2) is 102 Å². The van der Waals surface area contributed by atoms with Gasteiger partial charge >= 0.3 is 18.2 Å². The summed E-state index contributed by atoms with van der Waals surface area (Å²) in [7, 11) is 1.81. The van der Waals surface area contributed by atoms with Gasteiger partial charge in [-0.3, -0.25) is 4.68 Å². The number of nitrogens with zero attached hydrogens (tertiary/aromatic N) is 3. The van der Waals surface area contributed by atoms with Crippen molar-refractivity contribution in [3.05, 3.63) is 114 Å². The summed E-state index contributed by atoms with van der Waals surface area (Å²) in [4.78, 5) is 35.0. The minimum Gasteiger partial charge on any atom is -0.465 e. The third kappa shape index (κ3) is 8.32. The second-order valence-corrected chi connectivity index (χ2v) is 8.72. The summed E-state index contributed by atoms with van der Waals surface area (Å²) in [6, 6.07) is 30.0. The van der Waals surface area contributed by atoms with Crippen LogP contribution in [0.5, 0.6) is 0 Å². The number of urea groups is 1. The number of carbonyl (C=O) groups excluding carboxylic acids is 1. The quantitative estimate of drug-likeness (QED) is 0.0643. The van der Waals surface area contributed by atoms with Gasteiger partial charge in [0.25, 0.3) is 0 Å². The lowest BCUT2D eigenvalue weighted by Crippen LogP contribution is -2.39. The number of rotatable bonds is 10. The van der Waals surface area contributed by atoms with E-state index in [1.54, 1.807) is 10.9 Å². The summed E-state index contributed by atoms with van der Waals surface area (Å²) in [5.74, 6) is 0.614. The van der Waals surface area contributed by atoms with E-state index in [1.807, 2.05) is 61.6 Å². The van der Waals surface area contributed by atoms with Crippen LogP contribution >= 0.6 is 0 Å². The van der Waals surface area contributed by atoms with Crippen LogP contribution in [0, 0.1) is 0 Å². The zero-order valence-electron chi connectivity index (χ0n) is 22.8. The van der Waals surface area contributed by atoms with Crippen molar-refractivity contribution in [2.24, 2.45) is 17.8 Å². The van der Waals surface area contributed by atoms with Gasteiger partial charge < -0.3 is 37.2 Å². The number of nitrogens with one attached hydrogen (secondary N) is 4. The molecule has 1 heterocycles. The van der Waals surface area contributed by atoms with Gasteiger partial charge in [-0.05, 0) is 16.7 Å². The fourth-order valence-corrected chi connectivity index (χ4v) is 4.22. The van der Waals surface area contributed by atoms with Crippen molar-refractivity contribution in [1.29, 1.82) is 0 Å². The van der Waals surface area contributed by atoms with Gasteiger partial charge in [0, 0.05) is 20.1 Å². The molecule has 218 valence electrons. The molecule has 4 amide bonds. The van der Waals surface area contributed by atoms with Crippen LogP contribution in [0.2, 0.25) is 0 Å². The first-order valence-corrected chi connectivity index (χ1v) is 12.7. The maximum Gasteiger partial charge on any atom is 0.432 e. The smallest absolute Gasteiger partial charge is 0.432 e. The van der Waals surface area contributed by atoms with E-state index in [1.165, 1.54) is 0 Å². The molecular weight excluding hydrogens is 540 g/mol. The van der Waals surface area contributed by atoms with Crippen molar-refractivity contribution in [3.8, 4) is 0 Å². The Morgan fingerprint density at radius 1 is 0.881 bits per heavy atom. The first kappa shape index (κ1) is 30.7. The third-order valence-electron chi connectivity index (χ3n) is 5.93. The van der Waals surface area contributed by atoms with Crippen molar-refractivity contribution < 1.29 is 24.6 Å². The predicted octanol–water partition coefficient (Wildman–Crippen LogP) is 3.86. The number of aryl methyl sites for hydroxylation is 1. The average molecular weight is 573 g/mol. The van der Waals surface area contributed by atoms with E-state index in [0.29, 0.717) is 18.1 Å². The Balaban J connectivity index is 0.00000114. The molecule has 13 nitrogen and oxygen atoms in total. The van der Waals surface area contributed by atoms with Gasteiger partial charge in [-0.1, -0.05) is 91.0 Å². The monoisotopic (exact) mass is 572 g/mol. The molecule has 0 unspecified atom stereocenters. The summed E-state index contributed by atoms with van der Waals surface area (Å²) in [5.41, 5.74) is 6.78. The Morgan fingerprint density at radius 3 is 1.81 bits per heavy atom. The highest BCUT2D eigenvalue weighted by molar-refractivity contribution is 5.92. The SMILES string of the molecule is Cn1ncc(NC(=O)NCCNC=NC(=O)O)c1NC(c1ccccc1)(c1ccccc1)c1ccccc1.NC(=O)O. The largest absolute Gasteiger partial charge is 0.465 e. The second-order valence-electron chi connectivity index (χ2n) is 8.72. The molecule has 1 aromatic heterocycles. The highest BCUT2D eigenvalue weighted by Gasteiger charge is 2.37. The molecule has 42 heavy (non-hydrogen) atoms. The average Bonchev–Trinajstić information content (AvgIpc) is 3.32. The number of carbonyl (C=O) groups is 3. The van der Waals surface area contributed by atoms with Crippen LogP contribution < -0.4 is 27.0 Å². The van der Waals surface area contributed by atoms with Crippen LogP contribution in [-0.4, -0.2) is 57.6 Å². The number of primary amides is 1. The van der Waals surface area contributed by atoms with Gasteiger partial charge in [0.1, 0.15) is 17.0 Å². The molecule has 3 aromatic carbocycles. The minimum absolute atomic E-state index is 0.252. The summed E-state index contributed by atoms with van der Waals surface area (Å²) in [6.07, 6.45) is 0.0321. The van der Waals surface area contributed by atoms with Crippen LogP contribution in [-0.2, 0) is 12.6 Å². The maximum absolute atomic E-state index is 12.6. The standard InChI is InChI=1S/C28H29N7O3.CH3NO2/c1-35-25(24(19-32-35)33-26(36)30-18-17-29-20-31-27(37)38)34-28(21-11-5-2-6-12-21,22-13-7-3-8-14-22)23-15-9-4-10-16-23;2-1(3)4/h2-16,19-20,34H,17-18H2,1H3,(H,29,31)(H,37,38)(H2,30,33,36);2H2,(H,3,4). The summed E-state index contributed by atoms with van der Waals surface area (Å²) in [6.45, 7) is 0.559. The van der Waals surface area contributed by atoms with Crippen LogP contribution in [0.25, 0.3) is 0 Å². The number of aliphatic imine (C=N–C) groups is 1. The maximum atomic E-state index is 12.6. The van der Waals surface area contributed by atoms with Crippen molar-refractivity contribution >= 4 is 36.1 Å². The molecule has 0 saturated carbocycles. The van der Waals surface area contributed by atoms with Crippen LogP contribution in [0.4, 0.5) is 25.9 Å². The molecule has 0 radical (unpaired) electrons. The first-order chi connectivity index (χ1) is 20.2. The molecule has 0 bridgehead atoms. The molecule has 0 fully saturated rings. The Bertz CT molecular complexity index is 1380. The number of aromatic nitrogens is 2. The number of carboxylic acid groups (broad SMARTS) is 2. The Labute approximate surface area is 242 Å². The molecule has 4 aromatic rings. The van der Waals surface area contributed by atoms with Crippen molar-refractivity contribution in [3.63, 3.8) is 0 Å². The van der Waals surface area contributed by atoms with Gasteiger partial charge in [0.2, 0.25) is 0 Å². The van der Waals surface area contributed by atoms with Crippen molar-refractivity contribution in [2.45, 2.75) is 5.54 Å². The number of hydrogen-bond acceptors (Lipinski definition) is 5. The highest BCUT2D eigenvalue weighted by atomic mass is 16.4. The van der Waals surface area contributed by atoms with Gasteiger partial charge in [-0.25, -0.2) is 14.4 Å². The molecule has 8 N–H and O–H groups in total. The van der Waals surface area contributed by atoms with Gasteiger partial charge in [-0.15, -0.1) is 0 Å². The van der Waals surface area contributed by atoms with E-state index in [9.17, 15) is 9.59 Å². The van der Waals surface area contributed by atoms with E-state index in [-0.39, 0.29) is 6.54 Å². The molecule has 0 aliphatic heterocycles. The fourth-order valence-electron chi connectivity index (χ4n) is 4.22. The van der Waals surface area contributed by atoms with E-state index in [0.717, 1.165) is 23.0 Å². The second kappa shape index (κ2) is 15.1. The predicted molar refractivity (Wildman–Crippen MR) is 160 cm³/mol. The lowest BCUT2D eigenvalue weighted by molar-refractivity contribution is 0.204. The first-order valence-electron chi connectivity index (χ1n) is 12.7. The van der Waals surface area contributed by atoms with Gasteiger partial charge in [0.05, 0.1) is 12.5 Å². The van der Waals surface area contributed by atoms with Crippen molar-refractivity contribution in [1.82, 2.24) is 20.4 Å². The molecular formula is C29H32N8O5. The molecule has 0 aliphatic rings. The topological polar surface area (TPSA) is 196 Å². The van der Waals surface area contributed by atoms with E-state index >= 15 is 0 Å². The number of anilines is 2. The molecule has 13 heteroatoms. The Morgan fingerprint density at radius 2 is 1.36 bits per heavy atom. The molecule has 0 saturated heterocycles. The van der Waals surface area contributed by atoms with Crippen LogP contribution in [0.1, 0.15) is 16.7 Å². The molecule has 0 atom stereocenters. The fraction of sp³-hybridized carbons (Fsp3) is 0.138. The van der Waals surface area contributed by atoms with E-state index < -0.39 is 23.8 Å². The van der Waals surface area contributed by atoms with Gasteiger partial charge in [-0.2, -0.15) is 10.1 Å². The molecule has 0 spiro atoms. The summed E-state index contributed by atoms with van der Waals surface area (Å²) < 4.78 is 1.68. The number of hydrogen-bond donors (Lipinski definition) is 7. The Hall–Kier alpha value is -5.85. The zero-order chi connectivity index (χ0) is 30.4. The van der Waals surface area contributed by atoms with E-state index in [2.05, 4.69) is 73.5 Å². The minimum atomic E-state index is -1.33. The third-order valence-corrected chi connectivity index (χ3v) is 5.93. The summed E-state index contributed by atoms with van der Waals surface area (Å²) >= 11 is 0. The Kier molecular flexibility index (Phi) is 11.0. The normalized spacial score (nSPS) is 10.7. The van der Waals surface area contributed by atoms with E-state index in [4.69, 9.17) is 15.0 Å². The molecule has 0 aliphatic carbocycles. The lowest BCUT2D eigenvalue weighted by atomic mass is 9.77. The zero-order valence-corrected chi connectivity index (χ0v) is 22.8. The number of benzene rings is 3. The lowest BCUT2D eigenvalue weighted by Gasteiger charge is -2.38. The van der Waals surface area contributed by atoms with Crippen molar-refractivity contribution in [2.75, 3.05) is 23.7 Å². The molecule has 4 rings (SSSR count). The van der Waals surface area contributed by atoms with Gasteiger partial charge in [0.15, 0.2) is 0 Å². The summed E-state index contributed by atoms with van der Waals surface area (Å²) in [5, 5.41) is 32.1. The van der Waals surface area contributed by atoms with Crippen LogP contribution in [0.3, 0.4) is 0 Å².